The highest BCUT2D eigenvalue weighted by molar-refractivity contribution is 5.13. The lowest BCUT2D eigenvalue weighted by Gasteiger charge is -2.13. The number of aromatic nitrogens is 4. The molecule has 0 aliphatic carbocycles. The van der Waals surface area contributed by atoms with Crippen molar-refractivity contribution in [1.82, 2.24) is 25.1 Å². The zero-order valence-electron chi connectivity index (χ0n) is 10.6. The smallest absolute Gasteiger partial charge is 0.123 e. The number of imidazole rings is 1. The number of nitrogens with zero attached hydrogens (tertiary/aromatic N) is 3. The van der Waals surface area contributed by atoms with Crippen LogP contribution in [0.1, 0.15) is 30.2 Å². The summed E-state index contributed by atoms with van der Waals surface area (Å²) in [5, 5.41) is 7.73. The number of nitrogens with one attached hydrogen (secondary N) is 2. The lowest BCUT2D eigenvalue weighted by atomic mass is 10.1. The topological polar surface area (TPSA) is 58.5 Å². The third-order valence-electron chi connectivity index (χ3n) is 3.00. The minimum atomic E-state index is 0.199. The second kappa shape index (κ2) is 5.14. The van der Waals surface area contributed by atoms with Gasteiger partial charge >= 0.3 is 0 Å². The maximum atomic E-state index is 4.46. The first kappa shape index (κ1) is 11.9. The number of rotatable bonds is 5. The molecule has 1 unspecified atom stereocenters. The average molecular weight is 233 g/mol. The maximum absolute atomic E-state index is 4.46. The molecule has 5 nitrogen and oxygen atoms in total. The minimum absolute atomic E-state index is 0.199. The van der Waals surface area contributed by atoms with Crippen LogP contribution in [0, 0.1) is 0 Å². The number of likely N-dealkylation sites (N-methyl/N-ethyl adjacent to an activating group) is 1. The van der Waals surface area contributed by atoms with Gasteiger partial charge in [0, 0.05) is 31.6 Å². The first-order chi connectivity index (χ1) is 8.24. The Morgan fingerprint density at radius 2 is 2.35 bits per heavy atom. The Bertz CT molecular complexity index is 457. The molecule has 0 saturated carbocycles. The third-order valence-corrected chi connectivity index (χ3v) is 3.00. The van der Waals surface area contributed by atoms with Crippen LogP contribution in [-0.2, 0) is 19.9 Å². The van der Waals surface area contributed by atoms with E-state index in [4.69, 9.17) is 0 Å². The summed E-state index contributed by atoms with van der Waals surface area (Å²) >= 11 is 0. The first-order valence-corrected chi connectivity index (χ1v) is 5.93. The molecular formula is C12H19N5. The summed E-state index contributed by atoms with van der Waals surface area (Å²) in [6.07, 6.45) is 5.48. The molecular weight excluding hydrogens is 214 g/mol. The highest BCUT2D eigenvalue weighted by atomic mass is 15.3. The fraction of sp³-hybridized carbons (Fsp3) is 0.500. The van der Waals surface area contributed by atoms with Gasteiger partial charge in [0.25, 0.3) is 0 Å². The molecule has 2 heterocycles. The number of aromatic amines is 1. The van der Waals surface area contributed by atoms with Crippen molar-refractivity contribution in [3.8, 4) is 0 Å². The van der Waals surface area contributed by atoms with Gasteiger partial charge in [0.05, 0.1) is 11.7 Å². The predicted octanol–water partition coefficient (Wildman–Crippen LogP) is 1.21. The molecule has 2 rings (SSSR count). The van der Waals surface area contributed by atoms with Gasteiger partial charge in [-0.05, 0) is 19.5 Å². The second-order valence-corrected chi connectivity index (χ2v) is 4.12. The molecule has 0 aliphatic heterocycles. The van der Waals surface area contributed by atoms with Crippen LogP contribution in [0.5, 0.6) is 0 Å². The molecule has 17 heavy (non-hydrogen) atoms. The van der Waals surface area contributed by atoms with E-state index in [1.54, 1.807) is 6.20 Å². The molecule has 0 fully saturated rings. The molecule has 0 spiro atoms. The summed E-state index contributed by atoms with van der Waals surface area (Å²) in [7, 11) is 3.94. The van der Waals surface area contributed by atoms with Crippen molar-refractivity contribution >= 4 is 0 Å². The molecule has 92 valence electrons. The van der Waals surface area contributed by atoms with E-state index >= 15 is 0 Å². The Morgan fingerprint density at radius 1 is 1.53 bits per heavy atom. The van der Waals surface area contributed by atoms with Crippen molar-refractivity contribution < 1.29 is 0 Å². The normalized spacial score (nSPS) is 12.9. The Hall–Kier alpha value is -1.62. The Kier molecular flexibility index (Phi) is 3.58. The third kappa shape index (κ3) is 2.55. The van der Waals surface area contributed by atoms with E-state index in [9.17, 15) is 0 Å². The van der Waals surface area contributed by atoms with Crippen LogP contribution in [0.2, 0.25) is 0 Å². The van der Waals surface area contributed by atoms with E-state index in [-0.39, 0.29) is 6.04 Å². The quantitative estimate of drug-likeness (QED) is 0.816. The van der Waals surface area contributed by atoms with Gasteiger partial charge in [0.1, 0.15) is 5.82 Å². The average Bonchev–Trinajstić information content (AvgIpc) is 2.96. The van der Waals surface area contributed by atoms with E-state index in [1.807, 2.05) is 25.0 Å². The zero-order valence-corrected chi connectivity index (χ0v) is 10.6. The van der Waals surface area contributed by atoms with Gasteiger partial charge in [0.15, 0.2) is 0 Å². The summed E-state index contributed by atoms with van der Waals surface area (Å²) in [5.74, 6) is 0.965. The van der Waals surface area contributed by atoms with Crippen LogP contribution < -0.4 is 5.32 Å². The molecule has 0 radical (unpaired) electrons. The fourth-order valence-corrected chi connectivity index (χ4v) is 1.95. The summed E-state index contributed by atoms with van der Waals surface area (Å²) in [6.45, 7) is 2.12. The van der Waals surface area contributed by atoms with Crippen molar-refractivity contribution in [3.63, 3.8) is 0 Å². The van der Waals surface area contributed by atoms with Crippen LogP contribution >= 0.6 is 0 Å². The summed E-state index contributed by atoms with van der Waals surface area (Å²) < 4.78 is 1.95. The van der Waals surface area contributed by atoms with E-state index in [0.29, 0.717) is 0 Å². The number of hydrogen-bond donors (Lipinski definition) is 2. The molecule has 5 heteroatoms. The number of H-pyrrole nitrogens is 1. The number of hydrogen-bond acceptors (Lipinski definition) is 3. The van der Waals surface area contributed by atoms with Crippen LogP contribution in [0.4, 0.5) is 0 Å². The maximum Gasteiger partial charge on any atom is 0.123 e. The van der Waals surface area contributed by atoms with Crippen molar-refractivity contribution in [3.05, 3.63) is 35.7 Å². The summed E-state index contributed by atoms with van der Waals surface area (Å²) in [6, 6.07) is 2.36. The highest BCUT2D eigenvalue weighted by Gasteiger charge is 2.15. The molecule has 2 aromatic heterocycles. The molecule has 1 atom stereocenters. The lowest BCUT2D eigenvalue weighted by Crippen LogP contribution is -2.21. The van der Waals surface area contributed by atoms with Crippen LogP contribution in [-0.4, -0.2) is 26.8 Å². The largest absolute Gasteiger partial charge is 0.347 e. The predicted molar refractivity (Wildman–Crippen MR) is 66.7 cm³/mol. The van der Waals surface area contributed by atoms with Gasteiger partial charge in [-0.15, -0.1) is 0 Å². The number of aryl methyl sites for hydroxylation is 2. The molecule has 0 aromatic carbocycles. The Balaban J connectivity index is 2.15. The van der Waals surface area contributed by atoms with Gasteiger partial charge in [0.2, 0.25) is 0 Å². The second-order valence-electron chi connectivity index (χ2n) is 4.12. The van der Waals surface area contributed by atoms with Crippen molar-refractivity contribution in [2.24, 2.45) is 7.05 Å². The van der Waals surface area contributed by atoms with Crippen molar-refractivity contribution in [1.29, 1.82) is 0 Å². The Morgan fingerprint density at radius 3 is 2.88 bits per heavy atom. The van der Waals surface area contributed by atoms with Crippen molar-refractivity contribution in [2.45, 2.75) is 25.8 Å². The first-order valence-electron chi connectivity index (χ1n) is 5.93. The van der Waals surface area contributed by atoms with Crippen LogP contribution in [0.3, 0.4) is 0 Å². The molecule has 2 aromatic rings. The molecule has 2 N–H and O–H groups in total. The SMILES string of the molecule is CCc1cc(CC(NC)c2ncc[nH]2)n(C)n1. The van der Waals surface area contributed by atoms with Gasteiger partial charge < -0.3 is 10.3 Å². The van der Waals surface area contributed by atoms with Crippen molar-refractivity contribution in [2.75, 3.05) is 7.05 Å². The molecule has 0 bridgehead atoms. The van der Waals surface area contributed by atoms with Gasteiger partial charge in [-0.25, -0.2) is 4.98 Å². The fourth-order valence-electron chi connectivity index (χ4n) is 1.95. The monoisotopic (exact) mass is 233 g/mol. The van der Waals surface area contributed by atoms with E-state index in [1.165, 1.54) is 5.69 Å². The lowest BCUT2D eigenvalue weighted by molar-refractivity contribution is 0.538. The summed E-state index contributed by atoms with van der Waals surface area (Å²) in [5.41, 5.74) is 2.36. The minimum Gasteiger partial charge on any atom is -0.347 e. The molecule has 0 saturated heterocycles. The highest BCUT2D eigenvalue weighted by Crippen LogP contribution is 2.15. The molecule has 0 aliphatic rings. The van der Waals surface area contributed by atoms with Gasteiger partial charge in [-0.3, -0.25) is 4.68 Å². The van der Waals surface area contributed by atoms with Crippen LogP contribution in [0.15, 0.2) is 18.5 Å². The van der Waals surface area contributed by atoms with Gasteiger partial charge in [-0.2, -0.15) is 5.10 Å². The zero-order chi connectivity index (χ0) is 12.3. The standard InChI is InChI=1S/C12H19N5/c1-4-9-7-10(17(3)16-9)8-11(13-2)12-14-5-6-15-12/h5-7,11,13H,4,8H2,1-3H3,(H,14,15). The molecule has 0 amide bonds. The Labute approximate surface area is 101 Å². The summed E-state index contributed by atoms with van der Waals surface area (Å²) in [4.78, 5) is 7.44. The van der Waals surface area contributed by atoms with E-state index < -0.39 is 0 Å². The van der Waals surface area contributed by atoms with Gasteiger partial charge in [-0.1, -0.05) is 6.92 Å². The van der Waals surface area contributed by atoms with E-state index in [2.05, 4.69) is 33.4 Å². The van der Waals surface area contributed by atoms with E-state index in [0.717, 1.165) is 24.4 Å². The van der Waals surface area contributed by atoms with Crippen LogP contribution in [0.25, 0.3) is 0 Å².